The molecule has 0 saturated carbocycles. The molecular formula is C7H9N2O2S. The molecule has 0 atom stereocenters. The molecule has 0 aromatic rings. The zero-order valence-electron chi connectivity index (χ0n) is 6.90. The van der Waals surface area contributed by atoms with Crippen LogP contribution in [0.5, 0.6) is 0 Å². The van der Waals surface area contributed by atoms with E-state index in [1.54, 1.807) is 6.20 Å². The maximum absolute atomic E-state index is 10.5. The molecule has 0 unspecified atom stereocenters. The summed E-state index contributed by atoms with van der Waals surface area (Å²) in [4.78, 5) is 14.0. The number of ether oxygens (including phenoxy) is 1. The van der Waals surface area contributed by atoms with Gasteiger partial charge in [0, 0.05) is 6.92 Å². The van der Waals surface area contributed by atoms with Gasteiger partial charge in [0.15, 0.2) is 5.09 Å². The summed E-state index contributed by atoms with van der Waals surface area (Å²) in [6.45, 7) is 3.37. The van der Waals surface area contributed by atoms with Crippen molar-refractivity contribution in [2.24, 2.45) is 4.99 Å². The van der Waals surface area contributed by atoms with Crippen molar-refractivity contribution in [3.05, 3.63) is 11.3 Å². The summed E-state index contributed by atoms with van der Waals surface area (Å²) < 4.78 is 5.10. The van der Waals surface area contributed by atoms with E-state index in [2.05, 4.69) is 10.3 Å². The van der Waals surface area contributed by atoms with Crippen molar-refractivity contribution in [1.29, 1.82) is 0 Å². The second kappa shape index (κ2) is 4.15. The number of hydrogen-bond donors (Lipinski definition) is 0. The fourth-order valence-electron chi connectivity index (χ4n) is 0.646. The van der Waals surface area contributed by atoms with E-state index in [9.17, 15) is 4.79 Å². The van der Waals surface area contributed by atoms with Gasteiger partial charge < -0.3 is 4.74 Å². The first-order valence-corrected chi connectivity index (χ1v) is 4.52. The number of carbonyl (C=O) groups excluding carboxylic acids is 1. The Hall–Kier alpha value is -0.970. The lowest BCUT2D eigenvalue weighted by molar-refractivity contribution is -0.115. The largest absolute Gasteiger partial charge is 0.415 e. The lowest BCUT2D eigenvalue weighted by Crippen LogP contribution is -2.07. The number of thioether (sulfide) groups is 1. The van der Waals surface area contributed by atoms with Crippen molar-refractivity contribution < 1.29 is 9.53 Å². The van der Waals surface area contributed by atoms with Crippen LogP contribution in [-0.4, -0.2) is 17.7 Å². The maximum Gasteiger partial charge on any atom is 0.325 e. The SMILES string of the molecule is CCSC1=C[N]C(=NC(C)=O)O1. The molecule has 0 spiro atoms. The Kier molecular flexibility index (Phi) is 3.16. The second-order valence-corrected chi connectivity index (χ2v) is 3.29. The lowest BCUT2D eigenvalue weighted by atomic mass is 10.7. The Balaban J connectivity index is 2.46. The van der Waals surface area contributed by atoms with E-state index < -0.39 is 0 Å². The molecule has 1 radical (unpaired) electrons. The van der Waals surface area contributed by atoms with Crippen LogP contribution < -0.4 is 5.32 Å². The van der Waals surface area contributed by atoms with Crippen LogP contribution in [0.2, 0.25) is 0 Å². The Bertz CT molecular complexity index is 248. The molecule has 65 valence electrons. The van der Waals surface area contributed by atoms with Crippen molar-refractivity contribution >= 4 is 23.7 Å². The molecule has 0 aromatic heterocycles. The highest BCUT2D eigenvalue weighted by Crippen LogP contribution is 2.19. The van der Waals surface area contributed by atoms with Crippen LogP contribution >= 0.6 is 11.8 Å². The molecule has 0 aromatic carbocycles. The van der Waals surface area contributed by atoms with Gasteiger partial charge in [0.1, 0.15) is 0 Å². The standard InChI is InChI=1S/C7H9N2O2S/c1-3-12-6-4-8-7(11-6)9-5(2)10/h4H,3H2,1-2H3. The first-order chi connectivity index (χ1) is 5.72. The molecule has 1 aliphatic rings. The Morgan fingerprint density at radius 1 is 1.83 bits per heavy atom. The molecule has 1 rings (SSSR count). The molecule has 0 saturated heterocycles. The monoisotopic (exact) mass is 185 g/mol. The molecule has 12 heavy (non-hydrogen) atoms. The van der Waals surface area contributed by atoms with E-state index in [0.717, 1.165) is 5.75 Å². The predicted octanol–water partition coefficient (Wildman–Crippen LogP) is 1.08. The third kappa shape index (κ3) is 2.58. The van der Waals surface area contributed by atoms with Crippen LogP contribution in [0, 0.1) is 0 Å². The molecule has 0 N–H and O–H groups in total. The van der Waals surface area contributed by atoms with Crippen molar-refractivity contribution in [2.45, 2.75) is 13.8 Å². The zero-order valence-corrected chi connectivity index (χ0v) is 7.72. The number of aliphatic imine (C=N–C) groups is 1. The van der Waals surface area contributed by atoms with Crippen LogP contribution in [0.15, 0.2) is 16.3 Å². The van der Waals surface area contributed by atoms with Crippen LogP contribution in [0.1, 0.15) is 13.8 Å². The molecule has 0 aliphatic carbocycles. The molecule has 1 aliphatic heterocycles. The Morgan fingerprint density at radius 2 is 2.58 bits per heavy atom. The zero-order chi connectivity index (χ0) is 8.97. The fraction of sp³-hybridized carbons (Fsp3) is 0.429. The topological polar surface area (TPSA) is 52.8 Å². The van der Waals surface area contributed by atoms with Crippen LogP contribution in [0.3, 0.4) is 0 Å². The van der Waals surface area contributed by atoms with Crippen molar-refractivity contribution in [3.8, 4) is 0 Å². The molecular weight excluding hydrogens is 176 g/mol. The van der Waals surface area contributed by atoms with E-state index >= 15 is 0 Å². The summed E-state index contributed by atoms with van der Waals surface area (Å²) in [6.07, 6.45) is 1.57. The normalized spacial score (nSPS) is 18.5. The van der Waals surface area contributed by atoms with Gasteiger partial charge in [0.25, 0.3) is 0 Å². The van der Waals surface area contributed by atoms with Crippen LogP contribution in [0.4, 0.5) is 0 Å². The van der Waals surface area contributed by atoms with Gasteiger partial charge >= 0.3 is 6.02 Å². The van der Waals surface area contributed by atoms with Crippen molar-refractivity contribution in [3.63, 3.8) is 0 Å². The number of amidine groups is 1. The minimum atomic E-state index is -0.301. The van der Waals surface area contributed by atoms with Crippen LogP contribution in [0.25, 0.3) is 0 Å². The molecule has 0 fully saturated rings. The van der Waals surface area contributed by atoms with E-state index in [-0.39, 0.29) is 11.9 Å². The predicted molar refractivity (Wildman–Crippen MR) is 47.6 cm³/mol. The highest BCUT2D eigenvalue weighted by atomic mass is 32.2. The summed E-state index contributed by atoms with van der Waals surface area (Å²) in [5.41, 5.74) is 0. The third-order valence-electron chi connectivity index (χ3n) is 1.01. The van der Waals surface area contributed by atoms with Crippen molar-refractivity contribution in [2.75, 3.05) is 5.75 Å². The highest BCUT2D eigenvalue weighted by molar-refractivity contribution is 8.02. The average molecular weight is 185 g/mol. The van der Waals surface area contributed by atoms with Gasteiger partial charge in [-0.25, -0.2) is 0 Å². The minimum absolute atomic E-state index is 0.137. The fourth-order valence-corrected chi connectivity index (χ4v) is 1.19. The number of amides is 1. The molecule has 1 amide bonds. The van der Waals surface area contributed by atoms with Gasteiger partial charge in [-0.05, 0) is 5.75 Å². The third-order valence-corrected chi connectivity index (χ3v) is 1.77. The Morgan fingerprint density at radius 3 is 3.17 bits per heavy atom. The summed E-state index contributed by atoms with van der Waals surface area (Å²) in [6, 6.07) is 0.137. The minimum Gasteiger partial charge on any atom is -0.415 e. The van der Waals surface area contributed by atoms with Gasteiger partial charge in [-0.3, -0.25) is 4.79 Å². The van der Waals surface area contributed by atoms with Crippen LogP contribution in [-0.2, 0) is 9.53 Å². The van der Waals surface area contributed by atoms with E-state index in [1.165, 1.54) is 18.7 Å². The first-order valence-electron chi connectivity index (χ1n) is 3.53. The molecule has 5 heteroatoms. The average Bonchev–Trinajstić information content (AvgIpc) is 2.36. The second-order valence-electron chi connectivity index (χ2n) is 2.03. The lowest BCUT2D eigenvalue weighted by Gasteiger charge is -1.97. The summed E-state index contributed by atoms with van der Waals surface area (Å²) in [5, 5.41) is 4.49. The van der Waals surface area contributed by atoms with Gasteiger partial charge in [-0.15, -0.1) is 0 Å². The number of carbonyl (C=O) groups is 1. The summed E-state index contributed by atoms with van der Waals surface area (Å²) >= 11 is 1.52. The van der Waals surface area contributed by atoms with Gasteiger partial charge in [-0.2, -0.15) is 10.3 Å². The maximum atomic E-state index is 10.5. The number of rotatable bonds is 2. The summed E-state index contributed by atoms with van der Waals surface area (Å²) in [7, 11) is 0. The quantitative estimate of drug-likeness (QED) is 0.646. The number of nitrogens with zero attached hydrogens (tertiary/aromatic N) is 2. The van der Waals surface area contributed by atoms with E-state index in [1.807, 2.05) is 6.92 Å². The van der Waals surface area contributed by atoms with Crippen molar-refractivity contribution in [1.82, 2.24) is 5.32 Å². The smallest absolute Gasteiger partial charge is 0.325 e. The summed E-state index contributed by atoms with van der Waals surface area (Å²) in [5.74, 6) is 0.610. The van der Waals surface area contributed by atoms with Gasteiger partial charge in [0.05, 0.1) is 6.20 Å². The molecule has 0 bridgehead atoms. The molecule has 4 nitrogen and oxygen atoms in total. The Labute approximate surface area is 75.1 Å². The molecule has 1 heterocycles. The number of hydrogen-bond acceptors (Lipinski definition) is 3. The highest BCUT2D eigenvalue weighted by Gasteiger charge is 2.14. The van der Waals surface area contributed by atoms with E-state index in [4.69, 9.17) is 4.74 Å². The van der Waals surface area contributed by atoms with Gasteiger partial charge in [-0.1, -0.05) is 18.7 Å². The van der Waals surface area contributed by atoms with Gasteiger partial charge in [0.2, 0.25) is 5.91 Å². The van der Waals surface area contributed by atoms with E-state index in [0.29, 0.717) is 5.09 Å². The first kappa shape index (κ1) is 9.12.